The predicted molar refractivity (Wildman–Crippen MR) is 79.8 cm³/mol. The predicted octanol–water partition coefficient (Wildman–Crippen LogP) is 3.87. The highest BCUT2D eigenvalue weighted by molar-refractivity contribution is 5.86. The van der Waals surface area contributed by atoms with Crippen LogP contribution in [0.4, 0.5) is 14.5 Å². The van der Waals surface area contributed by atoms with Crippen molar-refractivity contribution in [3.63, 3.8) is 0 Å². The molecule has 4 rings (SSSR count). The molecule has 1 aliphatic rings. The van der Waals surface area contributed by atoms with E-state index in [4.69, 9.17) is 4.74 Å². The zero-order valence-corrected chi connectivity index (χ0v) is 11.6. The molecule has 0 N–H and O–H groups in total. The minimum absolute atomic E-state index is 0.272. The third kappa shape index (κ3) is 2.06. The van der Waals surface area contributed by atoms with E-state index in [2.05, 4.69) is 4.98 Å². The van der Waals surface area contributed by atoms with Gasteiger partial charge in [-0.3, -0.25) is 4.98 Å². The van der Waals surface area contributed by atoms with Gasteiger partial charge >= 0.3 is 0 Å². The summed E-state index contributed by atoms with van der Waals surface area (Å²) in [6, 6.07) is 11.7. The van der Waals surface area contributed by atoms with E-state index in [1.54, 1.807) is 12.3 Å². The normalized spacial score (nSPS) is 13.8. The topological polar surface area (TPSA) is 25.4 Å². The summed E-state index contributed by atoms with van der Waals surface area (Å²) in [7, 11) is 0. The molecule has 2 heterocycles. The molecule has 0 spiro atoms. The van der Waals surface area contributed by atoms with Crippen LogP contribution in [0.5, 0.6) is 5.75 Å². The highest BCUT2D eigenvalue weighted by Crippen LogP contribution is 2.34. The molecule has 0 atom stereocenters. The largest absolute Gasteiger partial charge is 0.470 e. The Kier molecular flexibility index (Phi) is 2.92. The van der Waals surface area contributed by atoms with E-state index in [1.165, 1.54) is 6.07 Å². The molecule has 0 fully saturated rings. The molecule has 0 saturated heterocycles. The molecule has 3 nitrogen and oxygen atoms in total. The summed E-state index contributed by atoms with van der Waals surface area (Å²) in [5.41, 5.74) is 2.39. The van der Waals surface area contributed by atoms with Crippen LogP contribution in [0.25, 0.3) is 10.9 Å². The number of fused-ring (bicyclic) bond motifs is 3. The fraction of sp³-hybridized carbons (Fsp3) is 0.118. The molecule has 3 aromatic rings. The van der Waals surface area contributed by atoms with Crippen LogP contribution in [-0.2, 0) is 6.54 Å². The maximum atomic E-state index is 13.4. The van der Waals surface area contributed by atoms with Crippen LogP contribution in [0.15, 0.2) is 48.7 Å². The van der Waals surface area contributed by atoms with Crippen molar-refractivity contribution in [1.82, 2.24) is 4.98 Å². The minimum atomic E-state index is -0.858. The van der Waals surface area contributed by atoms with Gasteiger partial charge in [0.15, 0.2) is 24.1 Å². The number of halogens is 2. The van der Waals surface area contributed by atoms with Crippen LogP contribution < -0.4 is 9.64 Å². The molecule has 0 bridgehead atoms. The highest BCUT2D eigenvalue weighted by Gasteiger charge is 2.21. The molecule has 1 aliphatic heterocycles. The van der Waals surface area contributed by atoms with Crippen molar-refractivity contribution in [2.24, 2.45) is 0 Å². The molecular formula is C17H12F2N2O. The van der Waals surface area contributed by atoms with E-state index in [0.717, 1.165) is 28.3 Å². The first-order valence-corrected chi connectivity index (χ1v) is 6.92. The number of benzene rings is 2. The van der Waals surface area contributed by atoms with Crippen LogP contribution in [0.2, 0.25) is 0 Å². The maximum absolute atomic E-state index is 13.4. The molecule has 0 saturated carbocycles. The van der Waals surface area contributed by atoms with E-state index in [9.17, 15) is 8.78 Å². The zero-order chi connectivity index (χ0) is 15.1. The lowest BCUT2D eigenvalue weighted by Crippen LogP contribution is -2.32. The summed E-state index contributed by atoms with van der Waals surface area (Å²) in [6.45, 7) is 0.834. The number of anilines is 1. The number of hydrogen-bond donors (Lipinski definition) is 0. The van der Waals surface area contributed by atoms with Gasteiger partial charge in [0.25, 0.3) is 0 Å². The lowest BCUT2D eigenvalue weighted by molar-refractivity contribution is 0.292. The molecule has 5 heteroatoms. The van der Waals surface area contributed by atoms with Crippen molar-refractivity contribution in [3.8, 4) is 5.75 Å². The van der Waals surface area contributed by atoms with Crippen LogP contribution in [0.1, 0.15) is 5.56 Å². The smallest absolute Gasteiger partial charge is 0.161 e. The summed E-state index contributed by atoms with van der Waals surface area (Å²) < 4.78 is 32.3. The Morgan fingerprint density at radius 2 is 1.95 bits per heavy atom. The van der Waals surface area contributed by atoms with Crippen molar-refractivity contribution in [2.45, 2.75) is 6.54 Å². The monoisotopic (exact) mass is 298 g/mol. The molecule has 0 radical (unpaired) electrons. The van der Waals surface area contributed by atoms with Crippen LogP contribution in [0, 0.1) is 11.6 Å². The number of rotatable bonds is 1. The quantitative estimate of drug-likeness (QED) is 0.682. The van der Waals surface area contributed by atoms with Gasteiger partial charge in [0.05, 0.1) is 0 Å². The van der Waals surface area contributed by atoms with E-state index >= 15 is 0 Å². The Morgan fingerprint density at radius 1 is 1.05 bits per heavy atom. The molecule has 22 heavy (non-hydrogen) atoms. The van der Waals surface area contributed by atoms with Gasteiger partial charge in [-0.25, -0.2) is 8.78 Å². The second-order valence-corrected chi connectivity index (χ2v) is 5.20. The van der Waals surface area contributed by atoms with Crippen LogP contribution in [-0.4, -0.2) is 11.7 Å². The van der Waals surface area contributed by atoms with E-state index in [0.29, 0.717) is 12.2 Å². The first kappa shape index (κ1) is 13.0. The van der Waals surface area contributed by atoms with Gasteiger partial charge < -0.3 is 9.64 Å². The maximum Gasteiger partial charge on any atom is 0.161 e. The van der Waals surface area contributed by atoms with Crippen molar-refractivity contribution >= 4 is 16.6 Å². The molecule has 110 valence electrons. The molecule has 0 unspecified atom stereocenters. The van der Waals surface area contributed by atoms with Gasteiger partial charge in [0.1, 0.15) is 5.52 Å². The Balaban J connectivity index is 1.72. The minimum Gasteiger partial charge on any atom is -0.470 e. The van der Waals surface area contributed by atoms with Gasteiger partial charge in [-0.2, -0.15) is 0 Å². The lowest BCUT2D eigenvalue weighted by Gasteiger charge is -2.31. The first-order valence-electron chi connectivity index (χ1n) is 6.92. The average molecular weight is 298 g/mol. The summed E-state index contributed by atoms with van der Waals surface area (Å²) >= 11 is 0. The summed E-state index contributed by atoms with van der Waals surface area (Å²) in [6.07, 6.45) is 1.73. The van der Waals surface area contributed by atoms with Crippen molar-refractivity contribution in [1.29, 1.82) is 0 Å². The average Bonchev–Trinajstić information content (AvgIpc) is 2.56. The Bertz CT molecular complexity index is 866. The van der Waals surface area contributed by atoms with E-state index < -0.39 is 11.6 Å². The SMILES string of the molecule is Fc1ccc(N2COc3c(ccc4cccnc34)C2)cc1F. The second kappa shape index (κ2) is 4.94. The number of aromatic nitrogens is 1. The fourth-order valence-corrected chi connectivity index (χ4v) is 2.69. The van der Waals surface area contributed by atoms with E-state index in [1.807, 2.05) is 29.2 Å². The molecular weight excluding hydrogens is 286 g/mol. The molecule has 0 amide bonds. The standard InChI is InChI=1S/C17H12F2N2O/c18-14-6-5-13(8-15(14)19)21-9-12-4-3-11-2-1-7-20-16(11)17(12)22-10-21/h1-8H,9-10H2. The summed E-state index contributed by atoms with van der Waals surface area (Å²) in [4.78, 5) is 6.21. The van der Waals surface area contributed by atoms with Gasteiger partial charge in [-0.05, 0) is 18.2 Å². The van der Waals surface area contributed by atoms with Crippen molar-refractivity contribution in [2.75, 3.05) is 11.6 Å². The van der Waals surface area contributed by atoms with Gasteiger partial charge in [-0.1, -0.05) is 18.2 Å². The van der Waals surface area contributed by atoms with E-state index in [-0.39, 0.29) is 6.73 Å². The summed E-state index contributed by atoms with van der Waals surface area (Å²) in [5, 5.41) is 1.02. The van der Waals surface area contributed by atoms with Crippen LogP contribution in [0.3, 0.4) is 0 Å². The van der Waals surface area contributed by atoms with Gasteiger partial charge in [-0.15, -0.1) is 0 Å². The molecule has 0 aliphatic carbocycles. The van der Waals surface area contributed by atoms with Crippen LogP contribution >= 0.6 is 0 Å². The fourth-order valence-electron chi connectivity index (χ4n) is 2.69. The first-order chi connectivity index (χ1) is 10.7. The molecule has 1 aromatic heterocycles. The van der Waals surface area contributed by atoms with Gasteiger partial charge in [0.2, 0.25) is 0 Å². The number of hydrogen-bond acceptors (Lipinski definition) is 3. The Hall–Kier alpha value is -2.69. The third-order valence-electron chi connectivity index (χ3n) is 3.80. The van der Waals surface area contributed by atoms with Gasteiger partial charge in [0, 0.05) is 35.4 Å². The lowest BCUT2D eigenvalue weighted by atomic mass is 10.1. The second-order valence-electron chi connectivity index (χ2n) is 5.20. The molecule has 2 aromatic carbocycles. The highest BCUT2D eigenvalue weighted by atomic mass is 19.2. The number of ether oxygens (including phenoxy) is 1. The van der Waals surface area contributed by atoms with Crippen molar-refractivity contribution in [3.05, 3.63) is 65.9 Å². The Labute approximate surface area is 125 Å². The number of pyridine rings is 1. The zero-order valence-electron chi connectivity index (χ0n) is 11.6. The third-order valence-corrected chi connectivity index (χ3v) is 3.80. The Morgan fingerprint density at radius 3 is 2.82 bits per heavy atom. The number of nitrogens with zero attached hydrogens (tertiary/aromatic N) is 2. The summed E-state index contributed by atoms with van der Waals surface area (Å²) in [5.74, 6) is -0.947. The van der Waals surface area contributed by atoms with Crippen molar-refractivity contribution < 1.29 is 13.5 Å².